The Bertz CT molecular complexity index is 690. The van der Waals surface area contributed by atoms with E-state index in [0.717, 1.165) is 4.31 Å². The Labute approximate surface area is 138 Å². The molecule has 0 saturated carbocycles. The molecule has 1 aromatic rings. The lowest BCUT2D eigenvalue weighted by molar-refractivity contribution is -0.0249. The summed E-state index contributed by atoms with van der Waals surface area (Å²) >= 11 is 0. The Hall–Kier alpha value is -1.44. The molecule has 1 aliphatic heterocycles. The van der Waals surface area contributed by atoms with Crippen molar-refractivity contribution in [3.63, 3.8) is 0 Å². The van der Waals surface area contributed by atoms with Crippen molar-refractivity contribution in [1.29, 1.82) is 0 Å². The number of hydrogen-bond donors (Lipinski definition) is 0. The molecular weight excluding hydrogens is 316 g/mol. The zero-order chi connectivity index (χ0) is 17.4. The number of rotatable bonds is 3. The van der Waals surface area contributed by atoms with Gasteiger partial charge in [-0.2, -0.15) is 0 Å². The molecule has 2 rings (SSSR count). The Morgan fingerprint density at radius 1 is 1.22 bits per heavy atom. The van der Waals surface area contributed by atoms with E-state index in [2.05, 4.69) is 0 Å². The van der Waals surface area contributed by atoms with Gasteiger partial charge in [-0.1, -0.05) is 6.07 Å². The highest BCUT2D eigenvalue weighted by Crippen LogP contribution is 2.23. The number of amides is 1. The molecule has 0 bridgehead atoms. The van der Waals surface area contributed by atoms with E-state index in [1.54, 1.807) is 24.0 Å². The molecule has 0 aliphatic carbocycles. The van der Waals surface area contributed by atoms with Crippen LogP contribution in [0.3, 0.4) is 0 Å². The Balaban J connectivity index is 2.43. The van der Waals surface area contributed by atoms with Gasteiger partial charge in [-0.05, 0) is 38.5 Å². The number of nitrogens with zero attached hydrogens (tertiary/aromatic N) is 2. The van der Waals surface area contributed by atoms with Crippen molar-refractivity contribution >= 4 is 15.9 Å². The third kappa shape index (κ3) is 3.41. The molecule has 0 radical (unpaired) electrons. The van der Waals surface area contributed by atoms with Gasteiger partial charge in [0.05, 0.1) is 30.2 Å². The zero-order valence-corrected chi connectivity index (χ0v) is 15.1. The van der Waals surface area contributed by atoms with Crippen LogP contribution in [-0.4, -0.2) is 62.9 Å². The van der Waals surface area contributed by atoms with E-state index >= 15 is 0 Å². The minimum atomic E-state index is -3.58. The first-order valence-electron chi connectivity index (χ1n) is 7.60. The molecule has 0 N–H and O–H groups in total. The molecule has 0 aromatic heterocycles. The van der Waals surface area contributed by atoms with E-state index in [1.807, 2.05) is 13.8 Å². The molecule has 2 unspecified atom stereocenters. The van der Waals surface area contributed by atoms with Gasteiger partial charge in [-0.25, -0.2) is 12.7 Å². The van der Waals surface area contributed by atoms with Crippen LogP contribution in [0.5, 0.6) is 0 Å². The second-order valence-electron chi connectivity index (χ2n) is 6.22. The van der Waals surface area contributed by atoms with E-state index in [4.69, 9.17) is 4.74 Å². The topological polar surface area (TPSA) is 66.9 Å². The second-order valence-corrected chi connectivity index (χ2v) is 8.34. The average Bonchev–Trinajstić information content (AvgIpc) is 2.46. The van der Waals surface area contributed by atoms with Gasteiger partial charge in [0.25, 0.3) is 5.91 Å². The minimum Gasteiger partial charge on any atom is -0.377 e. The standard InChI is InChI=1S/C16H24N2O4S/c1-11-6-7-14(8-15(11)23(20,21)17(4)5)16(19)18-12(2)9-22-10-13(18)3/h6-8,12-13H,9-10H2,1-5H3. The van der Waals surface area contributed by atoms with Gasteiger partial charge in [-0.3, -0.25) is 4.79 Å². The monoisotopic (exact) mass is 340 g/mol. The summed E-state index contributed by atoms with van der Waals surface area (Å²) in [6, 6.07) is 4.76. The van der Waals surface area contributed by atoms with Crippen LogP contribution in [0.2, 0.25) is 0 Å². The molecule has 0 spiro atoms. The number of ether oxygens (including phenoxy) is 1. The highest BCUT2D eigenvalue weighted by molar-refractivity contribution is 7.89. The minimum absolute atomic E-state index is 0.0403. The molecule has 2 atom stereocenters. The van der Waals surface area contributed by atoms with E-state index < -0.39 is 10.0 Å². The van der Waals surface area contributed by atoms with Crippen molar-refractivity contribution in [3.8, 4) is 0 Å². The van der Waals surface area contributed by atoms with Crippen LogP contribution in [0.1, 0.15) is 29.8 Å². The third-order valence-corrected chi connectivity index (χ3v) is 6.05. The molecule has 1 amide bonds. The van der Waals surface area contributed by atoms with Crippen LogP contribution in [-0.2, 0) is 14.8 Å². The molecule has 23 heavy (non-hydrogen) atoms. The smallest absolute Gasteiger partial charge is 0.254 e. The summed E-state index contributed by atoms with van der Waals surface area (Å²) in [7, 11) is -0.620. The van der Waals surface area contributed by atoms with Crippen molar-refractivity contribution in [1.82, 2.24) is 9.21 Å². The highest BCUT2D eigenvalue weighted by atomic mass is 32.2. The van der Waals surface area contributed by atoms with Crippen molar-refractivity contribution in [3.05, 3.63) is 29.3 Å². The van der Waals surface area contributed by atoms with Crippen molar-refractivity contribution in [2.24, 2.45) is 0 Å². The first-order valence-corrected chi connectivity index (χ1v) is 9.04. The van der Waals surface area contributed by atoms with Gasteiger partial charge in [0.1, 0.15) is 0 Å². The van der Waals surface area contributed by atoms with Crippen molar-refractivity contribution < 1.29 is 17.9 Å². The fraction of sp³-hybridized carbons (Fsp3) is 0.562. The fourth-order valence-electron chi connectivity index (χ4n) is 2.76. The molecule has 128 valence electrons. The van der Waals surface area contributed by atoms with Crippen LogP contribution >= 0.6 is 0 Å². The lowest BCUT2D eigenvalue weighted by atomic mass is 10.1. The van der Waals surface area contributed by atoms with Crippen molar-refractivity contribution in [2.45, 2.75) is 37.8 Å². The quantitative estimate of drug-likeness (QED) is 0.836. The van der Waals surface area contributed by atoms with Gasteiger partial charge in [0.15, 0.2) is 0 Å². The number of carbonyl (C=O) groups excluding carboxylic acids is 1. The van der Waals surface area contributed by atoms with Gasteiger partial charge in [-0.15, -0.1) is 0 Å². The second kappa shape index (κ2) is 6.59. The van der Waals surface area contributed by atoms with E-state index in [1.165, 1.54) is 20.2 Å². The summed E-state index contributed by atoms with van der Waals surface area (Å²) in [6.07, 6.45) is 0. The first-order chi connectivity index (χ1) is 10.7. The lowest BCUT2D eigenvalue weighted by Crippen LogP contribution is -2.52. The number of benzene rings is 1. The van der Waals surface area contributed by atoms with Gasteiger partial charge < -0.3 is 9.64 Å². The predicted octanol–water partition coefficient (Wildman–Crippen LogP) is 1.49. The summed E-state index contributed by atoms with van der Waals surface area (Å²) in [5, 5.41) is 0. The summed E-state index contributed by atoms with van der Waals surface area (Å²) in [6.45, 7) is 6.57. The number of morpholine rings is 1. The Morgan fingerprint density at radius 2 is 1.78 bits per heavy atom. The van der Waals surface area contributed by atoms with Crippen LogP contribution in [0.15, 0.2) is 23.1 Å². The Kier molecular flexibility index (Phi) is 5.13. The lowest BCUT2D eigenvalue weighted by Gasteiger charge is -2.38. The van der Waals surface area contributed by atoms with Crippen molar-refractivity contribution in [2.75, 3.05) is 27.3 Å². The van der Waals surface area contributed by atoms with E-state index in [9.17, 15) is 13.2 Å². The molecule has 1 heterocycles. The summed E-state index contributed by atoms with van der Waals surface area (Å²) < 4.78 is 31.4. The van der Waals surface area contributed by atoms with Gasteiger partial charge in [0.2, 0.25) is 10.0 Å². The number of hydrogen-bond acceptors (Lipinski definition) is 4. The maximum Gasteiger partial charge on any atom is 0.254 e. The first kappa shape index (κ1) is 17.9. The Morgan fingerprint density at radius 3 is 2.30 bits per heavy atom. The van der Waals surface area contributed by atoms with Crippen LogP contribution in [0.4, 0.5) is 0 Å². The highest BCUT2D eigenvalue weighted by Gasteiger charge is 2.31. The van der Waals surface area contributed by atoms with Crippen LogP contribution in [0, 0.1) is 6.92 Å². The number of carbonyl (C=O) groups is 1. The summed E-state index contributed by atoms with van der Waals surface area (Å²) in [4.78, 5) is 14.8. The maximum atomic E-state index is 12.8. The molecule has 1 saturated heterocycles. The third-order valence-electron chi connectivity index (χ3n) is 4.10. The van der Waals surface area contributed by atoms with Crippen LogP contribution in [0.25, 0.3) is 0 Å². The average molecular weight is 340 g/mol. The normalized spacial score (nSPS) is 22.4. The van der Waals surface area contributed by atoms with Crippen LogP contribution < -0.4 is 0 Å². The SMILES string of the molecule is Cc1ccc(C(=O)N2C(C)COCC2C)cc1S(=O)(=O)N(C)C. The van der Waals surface area contributed by atoms with Gasteiger partial charge in [0, 0.05) is 19.7 Å². The maximum absolute atomic E-state index is 12.8. The zero-order valence-electron chi connectivity index (χ0n) is 14.2. The predicted molar refractivity (Wildman–Crippen MR) is 88.0 cm³/mol. The molecule has 1 fully saturated rings. The summed E-state index contributed by atoms with van der Waals surface area (Å²) in [5.41, 5.74) is 1.01. The molecule has 1 aliphatic rings. The molecule has 1 aromatic carbocycles. The fourth-order valence-corrected chi connectivity index (χ4v) is 3.91. The van der Waals surface area contributed by atoms with E-state index in [-0.39, 0.29) is 22.9 Å². The number of aryl methyl sites for hydroxylation is 1. The molecule has 7 heteroatoms. The molecule has 6 nitrogen and oxygen atoms in total. The largest absolute Gasteiger partial charge is 0.377 e. The summed E-state index contributed by atoms with van der Waals surface area (Å²) in [5.74, 6) is -0.163. The molecular formula is C16H24N2O4S. The number of sulfonamides is 1. The van der Waals surface area contributed by atoms with E-state index in [0.29, 0.717) is 24.3 Å². The van der Waals surface area contributed by atoms with Gasteiger partial charge >= 0.3 is 0 Å².